The Kier molecular flexibility index (Phi) is 3.76. The molecule has 18 heavy (non-hydrogen) atoms. The minimum atomic E-state index is -1.03. The van der Waals surface area contributed by atoms with Crippen molar-refractivity contribution in [2.75, 3.05) is 5.73 Å². The summed E-state index contributed by atoms with van der Waals surface area (Å²) in [4.78, 5) is 3.87. The Morgan fingerprint density at radius 1 is 1.33 bits per heavy atom. The van der Waals surface area contributed by atoms with Crippen molar-refractivity contribution in [1.29, 1.82) is 0 Å². The Morgan fingerprint density at radius 3 is 2.83 bits per heavy atom. The monoisotopic (exact) mass is 314 g/mol. The molecular weight excluding hydrogens is 306 g/mol. The number of anilines is 1. The Hall–Kier alpha value is -1.69. The summed E-state index contributed by atoms with van der Waals surface area (Å²) in [6.45, 7) is 0.0203. The fourth-order valence-corrected chi connectivity index (χ4v) is 1.77. The summed E-state index contributed by atoms with van der Waals surface area (Å²) in [6.07, 6.45) is 1.54. The Bertz CT molecular complexity index is 578. The van der Waals surface area contributed by atoms with Gasteiger partial charge in [-0.2, -0.15) is 4.39 Å². The second-order valence-corrected chi connectivity index (χ2v) is 4.45. The molecule has 2 rings (SSSR count). The molecule has 1 heterocycles. The molecule has 0 aliphatic rings. The van der Waals surface area contributed by atoms with E-state index in [1.54, 1.807) is 12.1 Å². The van der Waals surface area contributed by atoms with Crippen molar-refractivity contribution in [2.45, 2.75) is 6.61 Å². The highest BCUT2D eigenvalue weighted by Gasteiger charge is 2.12. The number of ether oxygens (including phenoxy) is 1. The van der Waals surface area contributed by atoms with E-state index in [2.05, 4.69) is 20.9 Å². The maximum absolute atomic E-state index is 13.4. The number of halogens is 3. The smallest absolute Gasteiger partial charge is 0.200 e. The highest BCUT2D eigenvalue weighted by atomic mass is 79.9. The fraction of sp³-hybridized carbons (Fsp3) is 0.0833. The van der Waals surface area contributed by atoms with Gasteiger partial charge in [-0.25, -0.2) is 9.37 Å². The Balaban J connectivity index is 2.18. The summed E-state index contributed by atoms with van der Waals surface area (Å²) in [5, 5.41) is 0. The standard InChI is InChI=1S/C12H9BrF2N2O/c13-8-4-9(14)11(15)10(5-8)18-6-7-2-1-3-17-12(7)16/h1-5H,6H2,(H2,16,17). The summed E-state index contributed by atoms with van der Waals surface area (Å²) in [5.74, 6) is -1.88. The van der Waals surface area contributed by atoms with Crippen LogP contribution in [-0.2, 0) is 6.61 Å². The Labute approximate surface area is 111 Å². The third-order valence-electron chi connectivity index (χ3n) is 2.27. The largest absolute Gasteiger partial charge is 0.486 e. The van der Waals surface area contributed by atoms with Crippen LogP contribution in [0.3, 0.4) is 0 Å². The van der Waals surface area contributed by atoms with Crippen LogP contribution in [0, 0.1) is 11.6 Å². The quantitative estimate of drug-likeness (QED) is 0.884. The molecule has 0 bridgehead atoms. The van der Waals surface area contributed by atoms with E-state index in [0.29, 0.717) is 15.9 Å². The molecule has 1 aromatic heterocycles. The number of hydrogen-bond acceptors (Lipinski definition) is 3. The van der Waals surface area contributed by atoms with Gasteiger partial charge in [0.2, 0.25) is 5.82 Å². The van der Waals surface area contributed by atoms with Crippen LogP contribution in [-0.4, -0.2) is 4.98 Å². The van der Waals surface area contributed by atoms with Crippen molar-refractivity contribution in [2.24, 2.45) is 0 Å². The van der Waals surface area contributed by atoms with Crippen molar-refractivity contribution < 1.29 is 13.5 Å². The minimum Gasteiger partial charge on any atom is -0.486 e. The third kappa shape index (κ3) is 2.76. The number of benzene rings is 1. The molecule has 0 amide bonds. The van der Waals surface area contributed by atoms with Crippen LogP contribution in [0.5, 0.6) is 5.75 Å². The van der Waals surface area contributed by atoms with Gasteiger partial charge in [-0.3, -0.25) is 0 Å². The number of nitrogens with zero attached hydrogens (tertiary/aromatic N) is 1. The first-order valence-electron chi connectivity index (χ1n) is 5.04. The number of rotatable bonds is 3. The van der Waals surface area contributed by atoms with Crippen LogP contribution < -0.4 is 10.5 Å². The molecule has 2 N–H and O–H groups in total. The van der Waals surface area contributed by atoms with Gasteiger partial charge in [-0.1, -0.05) is 22.0 Å². The maximum atomic E-state index is 13.4. The molecule has 0 aliphatic heterocycles. The van der Waals surface area contributed by atoms with Crippen LogP contribution in [0.1, 0.15) is 5.56 Å². The molecule has 2 aromatic rings. The van der Waals surface area contributed by atoms with Gasteiger partial charge in [-0.05, 0) is 18.2 Å². The van der Waals surface area contributed by atoms with E-state index in [1.807, 2.05) is 0 Å². The minimum absolute atomic E-state index is 0.0203. The molecule has 0 saturated heterocycles. The summed E-state index contributed by atoms with van der Waals surface area (Å²) in [6, 6.07) is 5.77. The lowest BCUT2D eigenvalue weighted by molar-refractivity contribution is 0.284. The number of nitrogen functional groups attached to an aromatic ring is 1. The number of nitrogens with two attached hydrogens (primary N) is 1. The zero-order chi connectivity index (χ0) is 13.1. The van der Waals surface area contributed by atoms with Crippen molar-refractivity contribution in [3.8, 4) is 5.75 Å². The summed E-state index contributed by atoms with van der Waals surface area (Å²) in [5.41, 5.74) is 6.22. The highest BCUT2D eigenvalue weighted by Crippen LogP contribution is 2.26. The molecule has 3 nitrogen and oxygen atoms in total. The number of aromatic nitrogens is 1. The van der Waals surface area contributed by atoms with Gasteiger partial charge in [0.15, 0.2) is 11.6 Å². The van der Waals surface area contributed by atoms with Crippen LogP contribution >= 0.6 is 15.9 Å². The zero-order valence-corrected chi connectivity index (χ0v) is 10.7. The molecule has 94 valence electrons. The second kappa shape index (κ2) is 5.30. The van der Waals surface area contributed by atoms with E-state index in [9.17, 15) is 8.78 Å². The van der Waals surface area contributed by atoms with E-state index in [-0.39, 0.29) is 12.4 Å². The predicted octanol–water partition coefficient (Wildman–Crippen LogP) is 3.28. The molecule has 6 heteroatoms. The van der Waals surface area contributed by atoms with Crippen LogP contribution in [0.2, 0.25) is 0 Å². The first kappa shape index (κ1) is 12.8. The average Bonchev–Trinajstić information content (AvgIpc) is 2.33. The van der Waals surface area contributed by atoms with E-state index in [0.717, 1.165) is 6.07 Å². The lowest BCUT2D eigenvalue weighted by Gasteiger charge is -2.09. The number of hydrogen-bond donors (Lipinski definition) is 1. The van der Waals surface area contributed by atoms with Crippen molar-refractivity contribution in [1.82, 2.24) is 4.98 Å². The fourth-order valence-electron chi connectivity index (χ4n) is 1.37. The molecular formula is C12H9BrF2N2O. The SMILES string of the molecule is Nc1ncccc1COc1cc(Br)cc(F)c1F. The normalized spacial score (nSPS) is 10.4. The first-order valence-corrected chi connectivity index (χ1v) is 5.84. The average molecular weight is 315 g/mol. The molecule has 1 aromatic carbocycles. The van der Waals surface area contributed by atoms with Crippen LogP contribution in [0.15, 0.2) is 34.9 Å². The lowest BCUT2D eigenvalue weighted by Crippen LogP contribution is -2.03. The summed E-state index contributed by atoms with van der Waals surface area (Å²) in [7, 11) is 0. The van der Waals surface area contributed by atoms with Gasteiger partial charge in [0.1, 0.15) is 12.4 Å². The summed E-state index contributed by atoms with van der Waals surface area (Å²) >= 11 is 3.06. The van der Waals surface area contributed by atoms with Gasteiger partial charge in [0.25, 0.3) is 0 Å². The molecule has 0 aliphatic carbocycles. The number of pyridine rings is 1. The van der Waals surface area contributed by atoms with E-state index >= 15 is 0 Å². The van der Waals surface area contributed by atoms with Crippen molar-refractivity contribution in [3.05, 3.63) is 52.1 Å². The second-order valence-electron chi connectivity index (χ2n) is 3.54. The Morgan fingerprint density at radius 2 is 2.11 bits per heavy atom. The topological polar surface area (TPSA) is 48.1 Å². The third-order valence-corrected chi connectivity index (χ3v) is 2.73. The van der Waals surface area contributed by atoms with Crippen LogP contribution in [0.4, 0.5) is 14.6 Å². The predicted molar refractivity (Wildman–Crippen MR) is 67.0 cm³/mol. The van der Waals surface area contributed by atoms with Gasteiger partial charge >= 0.3 is 0 Å². The lowest BCUT2D eigenvalue weighted by atomic mass is 10.2. The molecule has 0 atom stereocenters. The van der Waals surface area contributed by atoms with Crippen molar-refractivity contribution in [3.63, 3.8) is 0 Å². The van der Waals surface area contributed by atoms with E-state index < -0.39 is 11.6 Å². The van der Waals surface area contributed by atoms with Gasteiger partial charge in [-0.15, -0.1) is 0 Å². The van der Waals surface area contributed by atoms with Gasteiger partial charge in [0, 0.05) is 16.2 Å². The molecule has 0 fully saturated rings. The maximum Gasteiger partial charge on any atom is 0.200 e. The first-order chi connectivity index (χ1) is 8.58. The van der Waals surface area contributed by atoms with Gasteiger partial charge < -0.3 is 10.5 Å². The summed E-state index contributed by atoms with van der Waals surface area (Å²) < 4.78 is 32.1. The highest BCUT2D eigenvalue weighted by molar-refractivity contribution is 9.10. The van der Waals surface area contributed by atoms with Gasteiger partial charge in [0.05, 0.1) is 0 Å². The molecule has 0 unspecified atom stereocenters. The molecule has 0 spiro atoms. The van der Waals surface area contributed by atoms with Crippen molar-refractivity contribution >= 4 is 21.7 Å². The van der Waals surface area contributed by atoms with E-state index in [4.69, 9.17) is 10.5 Å². The zero-order valence-electron chi connectivity index (χ0n) is 9.16. The molecule has 0 radical (unpaired) electrons. The molecule has 0 saturated carbocycles. The van der Waals surface area contributed by atoms with E-state index in [1.165, 1.54) is 12.3 Å². The van der Waals surface area contributed by atoms with Crippen LogP contribution in [0.25, 0.3) is 0 Å².